The lowest BCUT2D eigenvalue weighted by Crippen LogP contribution is -2.14. The minimum absolute atomic E-state index is 0.0442. The minimum atomic E-state index is -4.16. The molecular weight excluding hydrogens is 440 g/mol. The molecule has 0 saturated carbocycles. The van der Waals surface area contributed by atoms with E-state index in [2.05, 4.69) is 4.72 Å². The Balaban J connectivity index is 1.58. The number of hydrogen-bond acceptors (Lipinski definition) is 7. The zero-order valence-corrected chi connectivity index (χ0v) is 17.3. The van der Waals surface area contributed by atoms with Crippen LogP contribution in [-0.2, 0) is 10.0 Å². The summed E-state index contributed by atoms with van der Waals surface area (Å²) in [7, 11) is -4.16. The van der Waals surface area contributed by atoms with Crippen LogP contribution in [0.15, 0.2) is 77.7 Å². The molecule has 0 heterocycles. The van der Waals surface area contributed by atoms with E-state index in [9.17, 15) is 23.3 Å². The topological polar surface area (TPSA) is 145 Å². The minimum Gasteiger partial charge on any atom is -0.490 e. The van der Waals surface area contributed by atoms with Gasteiger partial charge in [0.1, 0.15) is 30.3 Å². The molecule has 0 bridgehead atoms. The number of carboxylic acid groups (broad SMARTS) is 1. The third-order valence-electron chi connectivity index (χ3n) is 4.19. The van der Waals surface area contributed by atoms with Gasteiger partial charge in [0.2, 0.25) is 0 Å². The summed E-state index contributed by atoms with van der Waals surface area (Å²) in [6.45, 7) is 0.214. The molecule has 0 atom stereocenters. The Morgan fingerprint density at radius 1 is 0.938 bits per heavy atom. The molecule has 166 valence electrons. The average molecular weight is 458 g/mol. The van der Waals surface area contributed by atoms with E-state index in [0.29, 0.717) is 5.75 Å². The summed E-state index contributed by atoms with van der Waals surface area (Å²) in [6, 6.07) is 17.2. The monoisotopic (exact) mass is 458 g/mol. The van der Waals surface area contributed by atoms with Gasteiger partial charge in [-0.05, 0) is 42.5 Å². The van der Waals surface area contributed by atoms with E-state index in [-0.39, 0.29) is 30.2 Å². The van der Waals surface area contributed by atoms with Gasteiger partial charge in [0.25, 0.3) is 15.7 Å². The zero-order valence-electron chi connectivity index (χ0n) is 16.5. The molecule has 3 aromatic carbocycles. The molecule has 0 amide bonds. The fourth-order valence-corrected chi connectivity index (χ4v) is 3.98. The summed E-state index contributed by atoms with van der Waals surface area (Å²) in [5, 5.41) is 20.2. The molecule has 0 spiro atoms. The maximum atomic E-state index is 12.5. The van der Waals surface area contributed by atoms with Crippen molar-refractivity contribution in [1.82, 2.24) is 0 Å². The van der Waals surface area contributed by atoms with Crippen molar-refractivity contribution in [2.24, 2.45) is 0 Å². The third kappa shape index (κ3) is 5.52. The standard InChI is InChI=1S/C21H18N2O8S/c24-21(25)17-5-1-3-7-19(17)31-14-13-30-16-11-9-15(10-12-16)22-32(28,29)20-8-4-2-6-18(20)23(26)27/h1-12,22H,13-14H2,(H,24,25). The fourth-order valence-electron chi connectivity index (χ4n) is 2.74. The Hall–Kier alpha value is -4.12. The van der Waals surface area contributed by atoms with E-state index in [1.54, 1.807) is 18.2 Å². The Bertz CT molecular complexity index is 1230. The maximum absolute atomic E-state index is 12.5. The molecule has 0 saturated heterocycles. The van der Waals surface area contributed by atoms with Crippen LogP contribution >= 0.6 is 0 Å². The summed E-state index contributed by atoms with van der Waals surface area (Å²) in [5.74, 6) is -0.447. The second kappa shape index (κ2) is 9.79. The molecule has 3 aromatic rings. The van der Waals surface area contributed by atoms with Crippen LogP contribution in [0.3, 0.4) is 0 Å². The lowest BCUT2D eigenvalue weighted by molar-refractivity contribution is -0.387. The predicted molar refractivity (Wildman–Crippen MR) is 115 cm³/mol. The van der Waals surface area contributed by atoms with Crippen LogP contribution < -0.4 is 14.2 Å². The average Bonchev–Trinajstić information content (AvgIpc) is 2.77. The van der Waals surface area contributed by atoms with Crippen LogP contribution in [0.1, 0.15) is 10.4 Å². The van der Waals surface area contributed by atoms with Gasteiger partial charge < -0.3 is 14.6 Å². The van der Waals surface area contributed by atoms with Crippen LogP contribution in [0.5, 0.6) is 11.5 Å². The lowest BCUT2D eigenvalue weighted by atomic mass is 10.2. The number of aromatic carboxylic acids is 1. The highest BCUT2D eigenvalue weighted by Crippen LogP contribution is 2.26. The first-order valence-corrected chi connectivity index (χ1v) is 10.7. The Morgan fingerprint density at radius 3 is 2.25 bits per heavy atom. The fraction of sp³-hybridized carbons (Fsp3) is 0.0952. The first-order chi connectivity index (χ1) is 15.3. The van der Waals surface area contributed by atoms with E-state index in [0.717, 1.165) is 12.1 Å². The second-order valence-electron chi connectivity index (χ2n) is 6.35. The van der Waals surface area contributed by atoms with Crippen molar-refractivity contribution in [3.63, 3.8) is 0 Å². The van der Waals surface area contributed by atoms with Gasteiger partial charge in [-0.2, -0.15) is 0 Å². The highest BCUT2D eigenvalue weighted by atomic mass is 32.2. The first kappa shape index (κ1) is 22.6. The Kier molecular flexibility index (Phi) is 6.90. The van der Waals surface area contributed by atoms with Gasteiger partial charge in [-0.1, -0.05) is 24.3 Å². The Morgan fingerprint density at radius 2 is 1.56 bits per heavy atom. The van der Waals surface area contributed by atoms with Crippen molar-refractivity contribution in [3.05, 3.63) is 88.5 Å². The summed E-state index contributed by atoms with van der Waals surface area (Å²) >= 11 is 0. The molecule has 3 rings (SSSR count). The Labute approximate surface area is 183 Å². The van der Waals surface area contributed by atoms with Gasteiger partial charge in [-0.3, -0.25) is 14.8 Å². The molecule has 10 nitrogen and oxygen atoms in total. The number of hydrogen-bond donors (Lipinski definition) is 2. The van der Waals surface area contributed by atoms with Gasteiger partial charge in [-0.25, -0.2) is 13.2 Å². The number of ether oxygens (including phenoxy) is 2. The van der Waals surface area contributed by atoms with Gasteiger partial charge >= 0.3 is 5.97 Å². The van der Waals surface area contributed by atoms with Gasteiger partial charge in [0, 0.05) is 11.8 Å². The summed E-state index contributed by atoms with van der Waals surface area (Å²) in [5.41, 5.74) is -0.283. The van der Waals surface area contributed by atoms with Gasteiger partial charge in [0.15, 0.2) is 4.90 Å². The third-order valence-corrected chi connectivity index (χ3v) is 5.61. The largest absolute Gasteiger partial charge is 0.490 e. The predicted octanol–water partition coefficient (Wildman–Crippen LogP) is 3.55. The van der Waals surface area contributed by atoms with Crippen molar-refractivity contribution >= 4 is 27.4 Å². The molecule has 32 heavy (non-hydrogen) atoms. The molecule has 0 aliphatic carbocycles. The van der Waals surface area contributed by atoms with Crippen LogP contribution in [0, 0.1) is 10.1 Å². The van der Waals surface area contributed by atoms with Crippen molar-refractivity contribution in [3.8, 4) is 11.5 Å². The quantitative estimate of drug-likeness (QED) is 0.266. The smallest absolute Gasteiger partial charge is 0.339 e. The molecule has 0 unspecified atom stereocenters. The van der Waals surface area contributed by atoms with E-state index >= 15 is 0 Å². The van der Waals surface area contributed by atoms with Crippen molar-refractivity contribution < 1.29 is 32.7 Å². The lowest BCUT2D eigenvalue weighted by Gasteiger charge is -2.11. The molecule has 2 N–H and O–H groups in total. The molecule has 0 aromatic heterocycles. The molecule has 0 aliphatic heterocycles. The summed E-state index contributed by atoms with van der Waals surface area (Å²) < 4.78 is 38.3. The number of nitro benzene ring substituents is 1. The van der Waals surface area contributed by atoms with Crippen LogP contribution in [0.2, 0.25) is 0 Å². The molecule has 0 fully saturated rings. The summed E-state index contributed by atoms with van der Waals surface area (Å²) in [6.07, 6.45) is 0. The van der Waals surface area contributed by atoms with Crippen molar-refractivity contribution in [1.29, 1.82) is 0 Å². The van der Waals surface area contributed by atoms with Crippen molar-refractivity contribution in [2.45, 2.75) is 4.90 Å². The van der Waals surface area contributed by atoms with E-state index < -0.39 is 31.5 Å². The van der Waals surface area contributed by atoms with E-state index in [1.165, 1.54) is 42.5 Å². The number of para-hydroxylation sites is 2. The zero-order chi connectivity index (χ0) is 23.1. The molecule has 0 aliphatic rings. The normalized spacial score (nSPS) is 10.9. The highest BCUT2D eigenvalue weighted by Gasteiger charge is 2.25. The van der Waals surface area contributed by atoms with Gasteiger partial charge in [0.05, 0.1) is 4.92 Å². The van der Waals surface area contributed by atoms with Crippen molar-refractivity contribution in [2.75, 3.05) is 17.9 Å². The molecule has 11 heteroatoms. The number of carboxylic acids is 1. The molecular formula is C21H18N2O8S. The number of rotatable bonds is 10. The molecule has 0 radical (unpaired) electrons. The van der Waals surface area contributed by atoms with E-state index in [4.69, 9.17) is 14.6 Å². The number of nitro groups is 1. The highest BCUT2D eigenvalue weighted by molar-refractivity contribution is 7.92. The number of benzene rings is 3. The summed E-state index contributed by atoms with van der Waals surface area (Å²) in [4.78, 5) is 21.0. The van der Waals surface area contributed by atoms with Crippen LogP contribution in [0.4, 0.5) is 11.4 Å². The van der Waals surface area contributed by atoms with Gasteiger partial charge in [-0.15, -0.1) is 0 Å². The first-order valence-electron chi connectivity index (χ1n) is 9.22. The second-order valence-corrected chi connectivity index (χ2v) is 8.00. The number of carbonyl (C=O) groups is 1. The van der Waals surface area contributed by atoms with Crippen LogP contribution in [0.25, 0.3) is 0 Å². The van der Waals surface area contributed by atoms with Crippen LogP contribution in [-0.4, -0.2) is 37.6 Å². The SMILES string of the molecule is O=C(O)c1ccccc1OCCOc1ccc(NS(=O)(=O)c2ccccc2[N+](=O)[O-])cc1. The number of sulfonamides is 1. The van der Waals surface area contributed by atoms with E-state index in [1.807, 2.05) is 0 Å². The number of anilines is 1. The number of nitrogens with zero attached hydrogens (tertiary/aromatic N) is 1. The number of nitrogens with one attached hydrogen (secondary N) is 1. The maximum Gasteiger partial charge on any atom is 0.339 e.